The van der Waals surface area contributed by atoms with Crippen LogP contribution in [0.2, 0.25) is 5.02 Å². The van der Waals surface area contributed by atoms with Crippen molar-refractivity contribution < 1.29 is 9.53 Å². The molecule has 0 saturated carbocycles. The first-order chi connectivity index (χ1) is 13.7. The van der Waals surface area contributed by atoms with Crippen molar-refractivity contribution in [2.75, 3.05) is 20.2 Å². The van der Waals surface area contributed by atoms with E-state index >= 15 is 0 Å². The Balaban J connectivity index is 1.80. The number of amides is 1. The number of piperidine rings is 1. The summed E-state index contributed by atoms with van der Waals surface area (Å²) in [6.45, 7) is 1.57. The van der Waals surface area contributed by atoms with E-state index in [0.717, 1.165) is 48.6 Å². The molecule has 0 unspecified atom stereocenters. The molecule has 2 aromatic carbocycles. The lowest BCUT2D eigenvalue weighted by atomic mass is 10.1. The molecule has 2 heterocycles. The van der Waals surface area contributed by atoms with Crippen LogP contribution >= 0.6 is 11.6 Å². The highest BCUT2D eigenvalue weighted by molar-refractivity contribution is 6.30. The van der Waals surface area contributed by atoms with Crippen LogP contribution in [0.4, 0.5) is 0 Å². The average Bonchev–Trinajstić information content (AvgIpc) is 3.19. The predicted octanol–water partition coefficient (Wildman–Crippen LogP) is 4.83. The summed E-state index contributed by atoms with van der Waals surface area (Å²) < 4.78 is 7.02. The second-order valence-electron chi connectivity index (χ2n) is 6.89. The van der Waals surface area contributed by atoms with E-state index in [1.165, 1.54) is 6.42 Å². The van der Waals surface area contributed by atoms with Gasteiger partial charge in [0.2, 0.25) is 0 Å². The predicted molar refractivity (Wildman–Crippen MR) is 110 cm³/mol. The molecular weight excluding hydrogens is 374 g/mol. The molecule has 0 bridgehead atoms. The van der Waals surface area contributed by atoms with Crippen LogP contribution in [0.15, 0.2) is 54.6 Å². The Labute approximate surface area is 169 Å². The highest BCUT2D eigenvalue weighted by atomic mass is 35.5. The Hall–Kier alpha value is -2.79. The molecule has 5 nitrogen and oxygen atoms in total. The SMILES string of the molecule is COc1cccc(-c2cc(C(=O)N3CCCCC3)n(-c3cccc(Cl)c3)n2)c1. The number of aromatic nitrogens is 2. The van der Waals surface area contributed by atoms with Gasteiger partial charge in [0.05, 0.1) is 18.5 Å². The van der Waals surface area contributed by atoms with Gasteiger partial charge in [-0.25, -0.2) is 4.68 Å². The molecule has 28 heavy (non-hydrogen) atoms. The van der Waals surface area contributed by atoms with Gasteiger partial charge in [0.1, 0.15) is 11.4 Å². The van der Waals surface area contributed by atoms with E-state index in [4.69, 9.17) is 21.4 Å². The van der Waals surface area contributed by atoms with Crippen molar-refractivity contribution in [3.05, 3.63) is 65.3 Å². The topological polar surface area (TPSA) is 47.4 Å². The van der Waals surface area contributed by atoms with Gasteiger partial charge in [-0.15, -0.1) is 0 Å². The summed E-state index contributed by atoms with van der Waals surface area (Å²) in [7, 11) is 1.63. The largest absolute Gasteiger partial charge is 0.497 e. The van der Waals surface area contributed by atoms with Gasteiger partial charge in [-0.1, -0.05) is 29.8 Å². The fourth-order valence-corrected chi connectivity index (χ4v) is 3.71. The standard InChI is InChI=1S/C22H22ClN3O2/c1-28-19-10-5-7-16(13-19)20-15-21(22(27)25-11-3-2-4-12-25)26(24-20)18-9-6-8-17(23)14-18/h5-10,13-15H,2-4,11-12H2,1H3. The maximum absolute atomic E-state index is 13.3. The van der Waals surface area contributed by atoms with Gasteiger partial charge in [-0.05, 0) is 55.7 Å². The summed E-state index contributed by atoms with van der Waals surface area (Å²) in [5, 5.41) is 5.34. The Kier molecular flexibility index (Phi) is 5.35. The second kappa shape index (κ2) is 8.07. The van der Waals surface area contributed by atoms with Crippen molar-refractivity contribution in [3.8, 4) is 22.7 Å². The highest BCUT2D eigenvalue weighted by Gasteiger charge is 2.24. The summed E-state index contributed by atoms with van der Waals surface area (Å²) in [6.07, 6.45) is 3.26. The number of carbonyl (C=O) groups is 1. The van der Waals surface area contributed by atoms with Gasteiger partial charge in [0.25, 0.3) is 5.91 Å². The van der Waals surface area contributed by atoms with E-state index in [0.29, 0.717) is 10.7 Å². The van der Waals surface area contributed by atoms with Crippen molar-refractivity contribution >= 4 is 17.5 Å². The molecule has 1 amide bonds. The number of carbonyl (C=O) groups excluding carboxylic acids is 1. The van der Waals surface area contributed by atoms with E-state index in [-0.39, 0.29) is 5.91 Å². The molecule has 6 heteroatoms. The van der Waals surface area contributed by atoms with Gasteiger partial charge in [0.15, 0.2) is 0 Å². The first-order valence-electron chi connectivity index (χ1n) is 9.45. The molecule has 1 aliphatic rings. The molecule has 0 atom stereocenters. The van der Waals surface area contributed by atoms with E-state index in [1.54, 1.807) is 11.8 Å². The fraction of sp³-hybridized carbons (Fsp3) is 0.273. The number of hydrogen-bond donors (Lipinski definition) is 0. The summed E-state index contributed by atoms with van der Waals surface area (Å²) >= 11 is 6.19. The van der Waals surface area contributed by atoms with Crippen molar-refractivity contribution in [2.45, 2.75) is 19.3 Å². The summed E-state index contributed by atoms with van der Waals surface area (Å²) in [5.74, 6) is 0.750. The lowest BCUT2D eigenvalue weighted by Gasteiger charge is -2.26. The second-order valence-corrected chi connectivity index (χ2v) is 7.33. The minimum absolute atomic E-state index is 0.00122. The van der Waals surface area contributed by atoms with Gasteiger partial charge < -0.3 is 9.64 Å². The van der Waals surface area contributed by atoms with Crippen LogP contribution in [0, 0.1) is 0 Å². The first kappa shape index (κ1) is 18.6. The molecule has 144 valence electrons. The van der Waals surface area contributed by atoms with E-state index < -0.39 is 0 Å². The van der Waals surface area contributed by atoms with E-state index in [9.17, 15) is 4.79 Å². The monoisotopic (exact) mass is 395 g/mol. The van der Waals surface area contributed by atoms with Crippen LogP contribution in [0.1, 0.15) is 29.8 Å². The molecule has 1 aliphatic heterocycles. The smallest absolute Gasteiger partial charge is 0.272 e. The number of likely N-dealkylation sites (tertiary alicyclic amines) is 1. The lowest BCUT2D eigenvalue weighted by Crippen LogP contribution is -2.36. The molecule has 1 aromatic heterocycles. The lowest BCUT2D eigenvalue weighted by molar-refractivity contribution is 0.0715. The number of benzene rings is 2. The van der Waals surface area contributed by atoms with E-state index in [2.05, 4.69) is 0 Å². The third kappa shape index (κ3) is 3.76. The van der Waals surface area contributed by atoms with Gasteiger partial charge in [0, 0.05) is 23.7 Å². The van der Waals surface area contributed by atoms with Crippen LogP contribution in [0.5, 0.6) is 5.75 Å². The number of rotatable bonds is 4. The average molecular weight is 396 g/mol. The van der Waals surface area contributed by atoms with Crippen LogP contribution in [-0.4, -0.2) is 40.8 Å². The molecule has 0 radical (unpaired) electrons. The molecule has 3 aromatic rings. The first-order valence-corrected chi connectivity index (χ1v) is 9.83. The summed E-state index contributed by atoms with van der Waals surface area (Å²) in [6, 6.07) is 16.9. The van der Waals surface area contributed by atoms with Crippen LogP contribution in [-0.2, 0) is 0 Å². The van der Waals surface area contributed by atoms with E-state index in [1.807, 2.05) is 59.5 Å². The van der Waals surface area contributed by atoms with Crippen LogP contribution in [0.3, 0.4) is 0 Å². The number of nitrogens with zero attached hydrogens (tertiary/aromatic N) is 3. The van der Waals surface area contributed by atoms with Crippen molar-refractivity contribution in [1.82, 2.24) is 14.7 Å². The molecule has 1 saturated heterocycles. The minimum Gasteiger partial charge on any atom is -0.497 e. The Morgan fingerprint density at radius 2 is 1.82 bits per heavy atom. The minimum atomic E-state index is 0.00122. The molecule has 1 fully saturated rings. The maximum Gasteiger partial charge on any atom is 0.272 e. The van der Waals surface area contributed by atoms with Gasteiger partial charge in [-0.3, -0.25) is 4.79 Å². The number of ether oxygens (including phenoxy) is 1. The summed E-state index contributed by atoms with van der Waals surface area (Å²) in [5.41, 5.74) is 2.93. The highest BCUT2D eigenvalue weighted by Crippen LogP contribution is 2.27. The molecule has 0 aliphatic carbocycles. The van der Waals surface area contributed by atoms with Gasteiger partial charge in [-0.2, -0.15) is 5.10 Å². The number of hydrogen-bond acceptors (Lipinski definition) is 3. The zero-order valence-corrected chi connectivity index (χ0v) is 16.5. The van der Waals surface area contributed by atoms with Crippen LogP contribution < -0.4 is 4.74 Å². The zero-order valence-electron chi connectivity index (χ0n) is 15.8. The number of methoxy groups -OCH3 is 1. The quantitative estimate of drug-likeness (QED) is 0.635. The maximum atomic E-state index is 13.3. The molecule has 4 rings (SSSR count). The normalized spacial score (nSPS) is 14.1. The molecule has 0 spiro atoms. The third-order valence-corrected chi connectivity index (χ3v) is 5.23. The Morgan fingerprint density at radius 1 is 1.04 bits per heavy atom. The Morgan fingerprint density at radius 3 is 2.57 bits per heavy atom. The van der Waals surface area contributed by atoms with Crippen molar-refractivity contribution in [1.29, 1.82) is 0 Å². The zero-order chi connectivity index (χ0) is 19.5. The third-order valence-electron chi connectivity index (χ3n) is 4.99. The van der Waals surface area contributed by atoms with Crippen LogP contribution in [0.25, 0.3) is 16.9 Å². The number of halogens is 1. The van der Waals surface area contributed by atoms with Gasteiger partial charge >= 0.3 is 0 Å². The molecule has 0 N–H and O–H groups in total. The van der Waals surface area contributed by atoms with Crippen molar-refractivity contribution in [2.24, 2.45) is 0 Å². The Bertz CT molecular complexity index is 993. The fourth-order valence-electron chi connectivity index (χ4n) is 3.52. The summed E-state index contributed by atoms with van der Waals surface area (Å²) in [4.78, 5) is 15.2. The van der Waals surface area contributed by atoms with Crippen molar-refractivity contribution in [3.63, 3.8) is 0 Å². The molecular formula is C22H22ClN3O2.